The molecule has 1 heterocycles. The number of hydrogen-bond acceptors (Lipinski definition) is 4. The normalized spacial score (nSPS) is 22.9. The highest BCUT2D eigenvalue weighted by Crippen LogP contribution is 2.32. The van der Waals surface area contributed by atoms with Crippen LogP contribution in [0.4, 0.5) is 4.79 Å². The van der Waals surface area contributed by atoms with E-state index in [0.717, 1.165) is 0 Å². The highest BCUT2D eigenvalue weighted by atomic mass is 16.6. The van der Waals surface area contributed by atoms with Crippen molar-refractivity contribution in [2.45, 2.75) is 45.4 Å². The number of hydrogen-bond donors (Lipinski definition) is 0. The van der Waals surface area contributed by atoms with Crippen molar-refractivity contribution in [3.8, 4) is 0 Å². The van der Waals surface area contributed by atoms with Crippen LogP contribution in [0.3, 0.4) is 0 Å². The van der Waals surface area contributed by atoms with Crippen molar-refractivity contribution in [3.05, 3.63) is 12.7 Å². The molecule has 1 aliphatic heterocycles. The van der Waals surface area contributed by atoms with Gasteiger partial charge in [0.15, 0.2) is 6.04 Å². The van der Waals surface area contributed by atoms with Crippen LogP contribution in [0, 0.1) is 0 Å². The van der Waals surface area contributed by atoms with Gasteiger partial charge >= 0.3 is 12.1 Å². The molecule has 0 saturated carbocycles. The number of ether oxygens (including phenoxy) is 2. The quantitative estimate of drug-likeness (QED) is 0.429. The van der Waals surface area contributed by atoms with E-state index < -0.39 is 23.7 Å². The van der Waals surface area contributed by atoms with Crippen LogP contribution >= 0.6 is 0 Å². The number of esters is 1. The van der Waals surface area contributed by atoms with E-state index in [1.165, 1.54) is 4.90 Å². The predicted octanol–water partition coefficient (Wildman–Crippen LogP) is 1.72. The number of carbonyl (C=O) groups excluding carboxylic acids is 2. The number of nitrogens with zero attached hydrogens (tertiary/aromatic N) is 1. The zero-order valence-electron chi connectivity index (χ0n) is 10.7. The standard InChI is InChI=1S/C12H19NO4/c1-6-8-9(10(14)16-7-2)13(8)11(15)17-12(3,4)5/h6,8-9H,1,7H2,2-5H3/t8-,9+,13?/m0/s1. The molecule has 1 aliphatic rings. The largest absolute Gasteiger partial charge is 0.464 e. The zero-order valence-corrected chi connectivity index (χ0v) is 10.7. The lowest BCUT2D eigenvalue weighted by molar-refractivity contribution is -0.143. The molecule has 1 rings (SSSR count). The number of rotatable bonds is 3. The predicted molar refractivity (Wildman–Crippen MR) is 62.5 cm³/mol. The summed E-state index contributed by atoms with van der Waals surface area (Å²) in [6, 6.07) is -0.897. The summed E-state index contributed by atoms with van der Waals surface area (Å²) in [5.74, 6) is -0.414. The van der Waals surface area contributed by atoms with Gasteiger partial charge in [0.05, 0.1) is 12.6 Å². The molecule has 0 aliphatic carbocycles. The fraction of sp³-hybridized carbons (Fsp3) is 0.667. The fourth-order valence-electron chi connectivity index (χ4n) is 1.52. The molecule has 0 spiro atoms. The average molecular weight is 241 g/mol. The molecule has 0 bridgehead atoms. The molecule has 0 aromatic carbocycles. The molecule has 1 amide bonds. The Morgan fingerprint density at radius 3 is 2.41 bits per heavy atom. The van der Waals surface area contributed by atoms with E-state index in [-0.39, 0.29) is 6.04 Å². The Hall–Kier alpha value is -1.52. The molecule has 17 heavy (non-hydrogen) atoms. The first-order valence-electron chi connectivity index (χ1n) is 5.62. The van der Waals surface area contributed by atoms with Crippen LogP contribution in [0.25, 0.3) is 0 Å². The highest BCUT2D eigenvalue weighted by Gasteiger charge is 2.56. The third-order valence-corrected chi connectivity index (χ3v) is 2.23. The molecule has 1 saturated heterocycles. The average Bonchev–Trinajstić information content (AvgIpc) is 2.89. The molecule has 5 nitrogen and oxygen atoms in total. The summed E-state index contributed by atoms with van der Waals surface area (Å²) < 4.78 is 10.1. The van der Waals surface area contributed by atoms with Gasteiger partial charge in [0.1, 0.15) is 5.60 Å². The first-order chi connectivity index (χ1) is 7.81. The van der Waals surface area contributed by atoms with E-state index >= 15 is 0 Å². The summed E-state index contributed by atoms with van der Waals surface area (Å²) in [5, 5.41) is 0. The highest BCUT2D eigenvalue weighted by molar-refractivity contribution is 5.89. The summed E-state index contributed by atoms with van der Waals surface area (Å²) in [7, 11) is 0. The first-order valence-corrected chi connectivity index (χ1v) is 5.62. The van der Waals surface area contributed by atoms with Gasteiger partial charge in [0.25, 0.3) is 0 Å². The van der Waals surface area contributed by atoms with E-state index in [1.54, 1.807) is 33.8 Å². The minimum absolute atomic E-state index is 0.293. The Balaban J connectivity index is 2.63. The van der Waals surface area contributed by atoms with Gasteiger partial charge < -0.3 is 9.47 Å². The van der Waals surface area contributed by atoms with Crippen molar-refractivity contribution < 1.29 is 19.1 Å². The van der Waals surface area contributed by atoms with Gasteiger partial charge in [0.2, 0.25) is 0 Å². The fourth-order valence-corrected chi connectivity index (χ4v) is 1.52. The van der Waals surface area contributed by atoms with E-state index in [0.29, 0.717) is 6.61 Å². The molecule has 0 aromatic rings. The number of amides is 1. The smallest absolute Gasteiger partial charge is 0.411 e. The lowest BCUT2D eigenvalue weighted by Gasteiger charge is -2.19. The maximum Gasteiger partial charge on any atom is 0.411 e. The zero-order chi connectivity index (χ0) is 13.2. The van der Waals surface area contributed by atoms with Crippen LogP contribution in [0.2, 0.25) is 0 Å². The summed E-state index contributed by atoms with van der Waals surface area (Å²) in [5.41, 5.74) is -0.579. The van der Waals surface area contributed by atoms with Gasteiger partial charge in [-0.25, -0.2) is 9.59 Å². The second-order valence-corrected chi connectivity index (χ2v) is 4.81. The van der Waals surface area contributed by atoms with Crippen molar-refractivity contribution in [2.75, 3.05) is 6.61 Å². The molecule has 5 heteroatoms. The molecule has 0 unspecified atom stereocenters. The van der Waals surface area contributed by atoms with Crippen LogP contribution in [-0.4, -0.2) is 41.3 Å². The second-order valence-electron chi connectivity index (χ2n) is 4.81. The Morgan fingerprint density at radius 1 is 1.41 bits per heavy atom. The maximum atomic E-state index is 11.8. The summed E-state index contributed by atoms with van der Waals surface area (Å²) >= 11 is 0. The number of carbonyl (C=O) groups is 2. The van der Waals surface area contributed by atoms with Crippen LogP contribution in [-0.2, 0) is 14.3 Å². The SMILES string of the molecule is C=C[C@H]1[C@H](C(=O)OCC)N1C(=O)OC(C)(C)C. The van der Waals surface area contributed by atoms with Gasteiger partial charge in [-0.2, -0.15) is 0 Å². The topological polar surface area (TPSA) is 55.6 Å². The van der Waals surface area contributed by atoms with E-state index in [2.05, 4.69) is 6.58 Å². The van der Waals surface area contributed by atoms with Crippen LogP contribution < -0.4 is 0 Å². The van der Waals surface area contributed by atoms with E-state index in [1.807, 2.05) is 0 Å². The molecule has 0 radical (unpaired) electrons. The minimum Gasteiger partial charge on any atom is -0.464 e. The molecular formula is C12H19NO4. The monoisotopic (exact) mass is 241 g/mol. The molecular weight excluding hydrogens is 222 g/mol. The molecule has 2 atom stereocenters. The minimum atomic E-state index is -0.581. The van der Waals surface area contributed by atoms with Crippen molar-refractivity contribution in [2.24, 2.45) is 0 Å². The summed E-state index contributed by atoms with van der Waals surface area (Å²) in [4.78, 5) is 24.6. The second kappa shape index (κ2) is 4.77. The molecule has 0 aromatic heterocycles. The van der Waals surface area contributed by atoms with Crippen molar-refractivity contribution >= 4 is 12.1 Å². The van der Waals surface area contributed by atoms with Crippen molar-refractivity contribution in [1.29, 1.82) is 0 Å². The van der Waals surface area contributed by atoms with Crippen LogP contribution in [0.1, 0.15) is 27.7 Å². The van der Waals surface area contributed by atoms with Gasteiger partial charge in [-0.3, -0.25) is 4.90 Å². The lowest BCUT2D eigenvalue weighted by Crippen LogP contribution is -2.29. The third kappa shape index (κ3) is 3.22. The van der Waals surface area contributed by atoms with Gasteiger partial charge in [-0.1, -0.05) is 6.08 Å². The Bertz CT molecular complexity index is 332. The Kier molecular flexibility index (Phi) is 3.80. The summed E-state index contributed by atoms with van der Waals surface area (Å²) in [6.07, 6.45) is 1.03. The maximum absolute atomic E-state index is 11.8. The Labute approximate surface area is 101 Å². The summed E-state index contributed by atoms with van der Waals surface area (Å²) in [6.45, 7) is 10.9. The lowest BCUT2D eigenvalue weighted by atomic mass is 10.2. The van der Waals surface area contributed by atoms with Gasteiger partial charge in [0, 0.05) is 0 Å². The molecule has 96 valence electrons. The Morgan fingerprint density at radius 2 is 2.00 bits per heavy atom. The van der Waals surface area contributed by atoms with Crippen LogP contribution in [0.15, 0.2) is 12.7 Å². The van der Waals surface area contributed by atoms with Crippen LogP contribution in [0.5, 0.6) is 0 Å². The molecule has 1 fully saturated rings. The van der Waals surface area contributed by atoms with E-state index in [4.69, 9.17) is 9.47 Å². The molecule has 0 N–H and O–H groups in total. The van der Waals surface area contributed by atoms with Crippen molar-refractivity contribution in [3.63, 3.8) is 0 Å². The third-order valence-electron chi connectivity index (χ3n) is 2.23. The van der Waals surface area contributed by atoms with Gasteiger partial charge in [-0.15, -0.1) is 6.58 Å². The van der Waals surface area contributed by atoms with Gasteiger partial charge in [-0.05, 0) is 27.7 Å². The first kappa shape index (κ1) is 13.5. The van der Waals surface area contributed by atoms with E-state index in [9.17, 15) is 9.59 Å². The van der Waals surface area contributed by atoms with Crippen molar-refractivity contribution in [1.82, 2.24) is 4.90 Å².